The number of amides is 1. The Morgan fingerprint density at radius 2 is 2.62 bits per heavy atom. The smallest absolute Gasteiger partial charge is 0.407 e. The van der Waals surface area contributed by atoms with E-state index in [1.54, 1.807) is 0 Å². The van der Waals surface area contributed by atoms with Crippen molar-refractivity contribution in [2.24, 2.45) is 0 Å². The predicted molar refractivity (Wildman–Crippen MR) is 82.5 cm³/mol. The molecule has 1 aliphatic heterocycles. The summed E-state index contributed by atoms with van der Waals surface area (Å²) in [5.74, 6) is 0. The normalized spacial score (nSPS) is 29.3. The van der Waals surface area contributed by atoms with Crippen molar-refractivity contribution in [2.45, 2.75) is 18.8 Å². The number of aromatic amines is 1. The molecule has 1 saturated heterocycles. The van der Waals surface area contributed by atoms with E-state index in [1.165, 1.54) is 25.2 Å². The summed E-state index contributed by atoms with van der Waals surface area (Å²) in [6, 6.07) is 3.22. The maximum Gasteiger partial charge on any atom is 0.407 e. The first-order valence-electron chi connectivity index (χ1n) is 11.3. The molecule has 2 N–H and O–H groups in total. The van der Waals surface area contributed by atoms with Crippen LogP contribution in [0, 0.1) is 0 Å². The number of ether oxygens (including phenoxy) is 1. The van der Waals surface area contributed by atoms with Crippen LogP contribution in [0.15, 0.2) is 24.4 Å². The molecular formula is C16H21N3O2. The van der Waals surface area contributed by atoms with E-state index < -0.39 is 44.8 Å². The van der Waals surface area contributed by atoms with Gasteiger partial charge in [0.15, 0.2) is 2.82 Å². The van der Waals surface area contributed by atoms with E-state index in [4.69, 9.17) is 13.8 Å². The van der Waals surface area contributed by atoms with Crippen molar-refractivity contribution in [3.8, 4) is 0 Å². The highest BCUT2D eigenvalue weighted by molar-refractivity contribution is 5.84. The van der Waals surface area contributed by atoms with Crippen molar-refractivity contribution >= 4 is 17.0 Å². The van der Waals surface area contributed by atoms with Gasteiger partial charge in [-0.25, -0.2) is 4.79 Å². The lowest BCUT2D eigenvalue weighted by molar-refractivity contribution is 0.177. The summed E-state index contributed by atoms with van der Waals surface area (Å²) in [5, 5.41) is 0.602. The molecule has 2 heterocycles. The van der Waals surface area contributed by atoms with Crippen LogP contribution in [0.1, 0.15) is 22.1 Å². The maximum atomic E-state index is 11.5. The molecule has 0 radical (unpaired) electrons. The molecule has 0 spiro atoms. The van der Waals surface area contributed by atoms with Gasteiger partial charge in [0.25, 0.3) is 0 Å². The highest BCUT2D eigenvalue weighted by Gasteiger charge is 2.22. The first-order valence-corrected chi connectivity index (χ1v) is 6.42. The van der Waals surface area contributed by atoms with Crippen molar-refractivity contribution in [1.82, 2.24) is 15.2 Å². The number of rotatable bonds is 5. The van der Waals surface area contributed by atoms with E-state index in [1.807, 2.05) is 0 Å². The van der Waals surface area contributed by atoms with Gasteiger partial charge in [-0.05, 0) is 50.1 Å². The summed E-state index contributed by atoms with van der Waals surface area (Å²) < 4.78 is 83.4. The Bertz CT molecular complexity index is 1020. The monoisotopic (exact) mass is 297 g/mol. The van der Waals surface area contributed by atoms with Crippen molar-refractivity contribution in [3.63, 3.8) is 0 Å². The third-order valence-electron chi connectivity index (χ3n) is 3.08. The van der Waals surface area contributed by atoms with Gasteiger partial charge < -0.3 is 19.9 Å². The van der Waals surface area contributed by atoms with E-state index in [0.29, 0.717) is 10.9 Å². The molecule has 2 aromatic rings. The third kappa shape index (κ3) is 3.19. The zero-order chi connectivity index (χ0) is 23.5. The highest BCUT2D eigenvalue weighted by atomic mass is 16.6. The van der Waals surface area contributed by atoms with Crippen LogP contribution in [0.2, 0.25) is 2.82 Å². The zero-order valence-corrected chi connectivity index (χ0v) is 11.4. The van der Waals surface area contributed by atoms with E-state index in [9.17, 15) is 4.79 Å². The molecule has 1 fully saturated rings. The van der Waals surface area contributed by atoms with Crippen molar-refractivity contribution in [3.05, 3.63) is 35.5 Å². The summed E-state index contributed by atoms with van der Waals surface area (Å²) in [6.45, 7) is -5.49. The Balaban J connectivity index is 2.04. The molecule has 21 heavy (non-hydrogen) atoms. The number of aromatic nitrogens is 1. The van der Waals surface area contributed by atoms with Gasteiger partial charge in [0.05, 0.1) is 10.2 Å². The number of benzene rings is 1. The minimum atomic E-state index is -2.54. The van der Waals surface area contributed by atoms with Crippen LogP contribution in [0.25, 0.3) is 10.9 Å². The quantitative estimate of drug-likeness (QED) is 0.886. The van der Waals surface area contributed by atoms with Crippen LogP contribution < -0.4 is 5.31 Å². The molecule has 0 unspecified atom stereocenters. The number of likely N-dealkylation sites (N-methyl/N-ethyl adjacent to an activating group) is 1. The molecule has 0 saturated carbocycles. The standard InChI is InChI=1S/C16H21N3O2/c1-19(2)6-5-12-9-17-15-4-3-11(8-14(12)15)7-13-10-21-16(20)18-13/h3-4,8-9,13,17H,5-7,10H2,1-2H3,(H,18,20)/t13-/m0/s1/i1D3,5D2,9D,10D2/hD2. The Labute approximate surface area is 138 Å². The average molecular weight is 297 g/mol. The molecule has 1 aliphatic rings. The molecule has 1 aromatic carbocycles. The highest BCUT2D eigenvalue weighted by Crippen LogP contribution is 2.21. The second-order valence-electron chi connectivity index (χ2n) is 4.82. The predicted octanol–water partition coefficient (Wildman–Crippen LogP) is 1.92. The van der Waals surface area contributed by atoms with Gasteiger partial charge >= 0.3 is 6.09 Å². The summed E-state index contributed by atoms with van der Waals surface area (Å²) in [4.78, 5) is 13.1. The number of hydrogen-bond donors (Lipinski definition) is 2. The fraction of sp³-hybridized carbons (Fsp3) is 0.438. The fourth-order valence-corrected chi connectivity index (χ4v) is 2.13. The number of nitrogens with zero attached hydrogens (tertiary/aromatic N) is 1. The second-order valence-corrected chi connectivity index (χ2v) is 4.82. The van der Waals surface area contributed by atoms with E-state index >= 15 is 0 Å². The number of carbonyl (C=O) groups is 1. The Morgan fingerprint density at radius 1 is 1.71 bits per heavy atom. The lowest BCUT2D eigenvalue weighted by Crippen LogP contribution is -2.28. The topological polar surface area (TPSA) is 57.4 Å². The molecule has 0 aliphatic carbocycles. The van der Waals surface area contributed by atoms with Gasteiger partial charge in [-0.15, -0.1) is 0 Å². The summed E-state index contributed by atoms with van der Waals surface area (Å²) >= 11 is 0. The average Bonchev–Trinajstić information content (AvgIpc) is 2.98. The molecule has 3 rings (SSSR count). The number of H-pyrrole nitrogens is 1. The Morgan fingerprint density at radius 3 is 3.38 bits per heavy atom. The molecule has 5 heteroatoms. The summed E-state index contributed by atoms with van der Waals surface area (Å²) in [7, 11) is 1.24. The van der Waals surface area contributed by atoms with Crippen molar-refractivity contribution < 1.29 is 23.3 Å². The molecule has 1 amide bonds. The van der Waals surface area contributed by atoms with Gasteiger partial charge in [0, 0.05) is 30.5 Å². The molecule has 5 nitrogen and oxygen atoms in total. The number of hydrogen-bond acceptors (Lipinski definition) is 3. The minimum absolute atomic E-state index is 0.119. The number of alkyl carbamates (subject to hydrolysis) is 1. The van der Waals surface area contributed by atoms with Gasteiger partial charge in [0.1, 0.15) is 6.56 Å². The third-order valence-corrected chi connectivity index (χ3v) is 3.08. The Hall–Kier alpha value is -2.01. The van der Waals surface area contributed by atoms with Crippen LogP contribution in [-0.4, -0.2) is 49.1 Å². The van der Waals surface area contributed by atoms with Gasteiger partial charge in [-0.2, -0.15) is 0 Å². The number of nitrogens with one attached hydrogen (secondary N) is 2. The SMILES string of the molecule is [2H]c1c(C([2H])([2H])CN(C)C([2H])([2H])[2H])c2cc(C[C@@H]3N([2H])C(=O)OC3([2H])[2H])ccc2n1[2H]. The van der Waals surface area contributed by atoms with Crippen LogP contribution in [0.4, 0.5) is 4.79 Å². The Kier molecular flexibility index (Phi) is 1.76. The molecule has 112 valence electrons. The van der Waals surface area contributed by atoms with Crippen LogP contribution in [0.3, 0.4) is 0 Å². The fourth-order valence-electron chi connectivity index (χ4n) is 2.13. The van der Waals surface area contributed by atoms with Crippen molar-refractivity contribution in [2.75, 3.05) is 27.1 Å². The van der Waals surface area contributed by atoms with Crippen LogP contribution >= 0.6 is 0 Å². The number of cyclic esters (lactones) is 1. The van der Waals surface area contributed by atoms with Gasteiger partial charge in [0.2, 0.25) is 0 Å². The van der Waals surface area contributed by atoms with Crippen LogP contribution in [0.5, 0.6) is 0 Å². The second kappa shape index (κ2) is 5.77. The molecule has 1 aromatic heterocycles. The molecular weight excluding hydrogens is 266 g/mol. The largest absolute Gasteiger partial charge is 0.447 e. The lowest BCUT2D eigenvalue weighted by atomic mass is 10.0. The van der Waals surface area contributed by atoms with E-state index in [0.717, 1.165) is 9.88 Å². The lowest BCUT2D eigenvalue weighted by Gasteiger charge is -2.09. The van der Waals surface area contributed by atoms with Crippen molar-refractivity contribution in [1.29, 1.82) is 0 Å². The van der Waals surface area contributed by atoms with E-state index in [2.05, 4.69) is 4.74 Å². The maximum absolute atomic E-state index is 11.5. The molecule has 0 bridgehead atoms. The zero-order valence-electron chi connectivity index (χ0n) is 21.4. The summed E-state index contributed by atoms with van der Waals surface area (Å²) in [5.41, 5.74) is 0.484. The van der Waals surface area contributed by atoms with Gasteiger partial charge in [-0.1, -0.05) is 6.07 Å². The first kappa shape index (κ1) is 6.40. The number of fused-ring (bicyclic) bond motifs is 1. The summed E-state index contributed by atoms with van der Waals surface area (Å²) in [6.07, 6.45) is -3.96. The van der Waals surface area contributed by atoms with Crippen LogP contribution in [-0.2, 0) is 17.5 Å². The molecule has 1 atom stereocenters. The first-order chi connectivity index (χ1) is 14.1. The van der Waals surface area contributed by atoms with E-state index in [-0.39, 0.29) is 22.9 Å². The number of carbonyl (C=O) groups excluding carboxylic acids is 1. The van der Waals surface area contributed by atoms with Gasteiger partial charge in [-0.3, -0.25) is 0 Å². The minimum Gasteiger partial charge on any atom is -0.447 e.